The lowest BCUT2D eigenvalue weighted by Crippen LogP contribution is -2.40. The lowest BCUT2D eigenvalue weighted by Gasteiger charge is -2.30. The van der Waals surface area contributed by atoms with Crippen molar-refractivity contribution in [2.75, 3.05) is 31.7 Å². The number of alkyl halides is 3. The number of unbranched alkanes of at least 4 members (excludes halogenated alkanes) is 6. The number of rotatable bonds is 28. The summed E-state index contributed by atoms with van der Waals surface area (Å²) in [4.78, 5) is 23.9. The molecule has 2 amide bonds. The molecule has 4 aromatic carbocycles. The fourth-order valence-corrected chi connectivity index (χ4v) is 9.55. The van der Waals surface area contributed by atoms with E-state index in [0.29, 0.717) is 66.1 Å². The number of halogens is 4. The predicted molar refractivity (Wildman–Crippen MR) is 328 cm³/mol. The first-order valence-corrected chi connectivity index (χ1v) is 30.5. The van der Waals surface area contributed by atoms with E-state index in [1.807, 2.05) is 62.4 Å². The molecule has 84 heavy (non-hydrogen) atoms. The van der Waals surface area contributed by atoms with E-state index < -0.39 is 29.3 Å². The van der Waals surface area contributed by atoms with E-state index in [9.17, 15) is 22.2 Å². The van der Waals surface area contributed by atoms with Crippen molar-refractivity contribution in [3.63, 3.8) is 0 Å². The number of nitrogens with zero attached hydrogens (tertiary/aromatic N) is 7. The van der Waals surface area contributed by atoms with Crippen LogP contribution in [0, 0.1) is 6.92 Å². The second kappa shape index (κ2) is 31.7. The standard InChI is InChI=1S/C29H38F3N5O2.C26H40ClN5O3S.C6H5N3/c1-7-27(3,4)19-14-15-23(21(18-19)28(5,6)8-2)39-17-11-16-33-26(38)37-36-24-20-12-9-10-13-22(20)34-25(35-24)29(30,31)32;1-5-7-9-10-11-12-16-34-22-15-14-19(3)17-23(22)35-36(33)28-18-20(4)25-29-26-24(27)21(13-8-6-2)30-32(26)31-25;1-2-4-6-5(3-1)7-9-8-6/h9-10,12-15,18H,7-8,11,16-17H2,1-6H3,(H2,33,37,38)(H,34,35,36);14-15,17,20,28,30H,5-13,16,18H2,1-4H3;1-4H,(H,7,8,9). The number of aryl methyl sites for hydroxylation is 2. The monoisotopic (exact) mass is 1200 g/mol. The average Bonchev–Trinajstić information content (AvgIpc) is 4.35. The topological polar surface area (TPSA) is 223 Å². The number of ether oxygens (including phenoxy) is 2. The molecular weight excluding hydrogens is 1120 g/mol. The van der Waals surface area contributed by atoms with Gasteiger partial charge in [-0.15, -0.1) is 5.10 Å². The van der Waals surface area contributed by atoms with Gasteiger partial charge in [-0.25, -0.2) is 24.5 Å². The molecule has 0 fully saturated rings. The Labute approximate surface area is 498 Å². The Kier molecular flexibility index (Phi) is 25.0. The number of hydrazine groups is 1. The van der Waals surface area contributed by atoms with Crippen LogP contribution in [-0.2, 0) is 34.7 Å². The van der Waals surface area contributed by atoms with Crippen molar-refractivity contribution in [3.05, 3.63) is 124 Å². The maximum Gasteiger partial charge on any atom is 0.451 e. The molecular formula is C61H83ClF3N13O5S. The van der Waals surface area contributed by atoms with E-state index in [1.165, 1.54) is 37.3 Å². The van der Waals surface area contributed by atoms with Gasteiger partial charge in [-0.1, -0.05) is 155 Å². The molecule has 0 aliphatic rings. The quantitative estimate of drug-likeness (QED) is 0.0199. The van der Waals surface area contributed by atoms with Crippen LogP contribution in [0.1, 0.15) is 173 Å². The first-order valence-electron chi connectivity index (χ1n) is 29.0. The zero-order valence-electron chi connectivity index (χ0n) is 50.1. The van der Waals surface area contributed by atoms with Crippen LogP contribution in [0.25, 0.3) is 27.6 Å². The first kappa shape index (κ1) is 66.1. The molecule has 456 valence electrons. The molecule has 18 nitrogen and oxygen atoms in total. The minimum atomic E-state index is -4.72. The van der Waals surface area contributed by atoms with E-state index in [2.05, 4.69) is 129 Å². The Bertz CT molecular complexity index is 3340. The fraction of sp³-hybridized carbons (Fsp3) is 0.492. The molecule has 8 rings (SSSR count). The molecule has 2 atom stereocenters. The summed E-state index contributed by atoms with van der Waals surface area (Å²) in [6.07, 6.45) is 7.99. The number of anilines is 1. The van der Waals surface area contributed by atoms with Gasteiger partial charge in [0.05, 0.1) is 24.4 Å². The molecule has 0 saturated heterocycles. The maximum atomic E-state index is 13.2. The molecule has 2 unspecified atom stereocenters. The minimum Gasteiger partial charge on any atom is -0.493 e. The number of aromatic amines is 2. The number of carbonyl (C=O) groups excluding carboxylic acids is 1. The van der Waals surface area contributed by atoms with Gasteiger partial charge in [0.1, 0.15) is 21.8 Å². The number of carbonyl (C=O) groups is 1. The SMILES string of the molecule is CCC(C)(C)c1ccc(OCCCNC(=O)NNc2nc(C(F)(F)F)nc3ccccc23)c(C(C)(C)CC)c1.CCCCCCCCOc1ccc(C)cc1OS(=O)NCC(C)c1nc2c(Cl)c(CCCC)[nH]n2n1.c1ccc2n[nH]nc2c1. The molecule has 0 radical (unpaired) electrons. The zero-order chi connectivity index (χ0) is 60.9. The molecule has 6 N–H and O–H groups in total. The second-order valence-corrected chi connectivity index (χ2v) is 23.3. The van der Waals surface area contributed by atoms with Gasteiger partial charge in [0, 0.05) is 30.0 Å². The zero-order valence-corrected chi connectivity index (χ0v) is 51.6. The van der Waals surface area contributed by atoms with E-state index >= 15 is 0 Å². The van der Waals surface area contributed by atoms with Crippen molar-refractivity contribution in [1.29, 1.82) is 0 Å². The van der Waals surface area contributed by atoms with Crippen LogP contribution < -0.4 is 34.5 Å². The van der Waals surface area contributed by atoms with Crippen molar-refractivity contribution in [1.82, 2.24) is 60.7 Å². The summed E-state index contributed by atoms with van der Waals surface area (Å²) in [6, 6.07) is 25.4. The normalized spacial score (nSPS) is 12.5. The number of urea groups is 1. The molecule has 0 saturated carbocycles. The van der Waals surface area contributed by atoms with Gasteiger partial charge in [-0.05, 0) is 110 Å². The number of para-hydroxylation sites is 3. The summed E-state index contributed by atoms with van der Waals surface area (Å²) in [5.74, 6) is 0.997. The second-order valence-electron chi connectivity index (χ2n) is 22.0. The van der Waals surface area contributed by atoms with E-state index in [1.54, 1.807) is 22.8 Å². The summed E-state index contributed by atoms with van der Waals surface area (Å²) in [6.45, 7) is 23.2. The van der Waals surface area contributed by atoms with Gasteiger partial charge in [0.25, 0.3) is 11.3 Å². The van der Waals surface area contributed by atoms with Gasteiger partial charge < -0.3 is 19.0 Å². The van der Waals surface area contributed by atoms with E-state index in [4.69, 9.17) is 25.3 Å². The fourth-order valence-electron chi connectivity index (χ4n) is 8.55. The highest BCUT2D eigenvalue weighted by Gasteiger charge is 2.36. The van der Waals surface area contributed by atoms with E-state index in [-0.39, 0.29) is 28.1 Å². The number of hydrogen-bond donors (Lipinski definition) is 6. The summed E-state index contributed by atoms with van der Waals surface area (Å²) >= 11 is 4.74. The van der Waals surface area contributed by atoms with Gasteiger partial charge >= 0.3 is 12.2 Å². The molecule has 0 aliphatic carbocycles. The number of H-pyrrole nitrogens is 2. The Balaban J connectivity index is 0.000000233. The van der Waals surface area contributed by atoms with E-state index in [0.717, 1.165) is 78.5 Å². The van der Waals surface area contributed by atoms with Crippen LogP contribution in [0.4, 0.5) is 23.8 Å². The van der Waals surface area contributed by atoms with Crippen LogP contribution >= 0.6 is 11.6 Å². The molecule has 0 spiro atoms. The Hall–Kier alpha value is -7.04. The summed E-state index contributed by atoms with van der Waals surface area (Å²) in [5, 5.41) is 21.7. The van der Waals surface area contributed by atoms with Crippen LogP contribution in [0.3, 0.4) is 0 Å². The largest absolute Gasteiger partial charge is 0.493 e. The van der Waals surface area contributed by atoms with Gasteiger partial charge in [-0.3, -0.25) is 16.0 Å². The Morgan fingerprint density at radius 1 is 0.750 bits per heavy atom. The highest BCUT2D eigenvalue weighted by atomic mass is 35.5. The van der Waals surface area contributed by atoms with Crippen molar-refractivity contribution < 1.29 is 35.8 Å². The molecule has 4 heterocycles. The third-order valence-electron chi connectivity index (χ3n) is 14.6. The summed E-state index contributed by atoms with van der Waals surface area (Å²) in [5.41, 5.74) is 11.8. The Morgan fingerprint density at radius 2 is 1.39 bits per heavy atom. The highest BCUT2D eigenvalue weighted by molar-refractivity contribution is 7.78. The number of benzene rings is 4. The number of aromatic nitrogens is 9. The van der Waals surface area contributed by atoms with Crippen molar-refractivity contribution in [2.24, 2.45) is 0 Å². The average molecular weight is 1200 g/mol. The molecule has 4 aromatic heterocycles. The smallest absolute Gasteiger partial charge is 0.451 e. The number of fused-ring (bicyclic) bond motifs is 3. The predicted octanol–water partition coefficient (Wildman–Crippen LogP) is 14.5. The third-order valence-corrected chi connectivity index (χ3v) is 15.7. The molecule has 8 aromatic rings. The van der Waals surface area contributed by atoms with Gasteiger partial charge in [0.2, 0.25) is 5.82 Å². The van der Waals surface area contributed by atoms with Crippen molar-refractivity contribution >= 4 is 62.3 Å². The van der Waals surface area contributed by atoms with Crippen LogP contribution in [0.2, 0.25) is 5.02 Å². The number of nitrogens with one attached hydrogen (secondary N) is 6. The van der Waals surface area contributed by atoms with Crippen LogP contribution in [-0.4, -0.2) is 81.7 Å². The van der Waals surface area contributed by atoms with Crippen LogP contribution in [0.15, 0.2) is 84.9 Å². The minimum absolute atomic E-state index is 0.0594. The molecule has 0 aliphatic heterocycles. The lowest BCUT2D eigenvalue weighted by atomic mass is 9.76. The number of amides is 2. The van der Waals surface area contributed by atoms with Crippen LogP contribution in [0.5, 0.6) is 17.2 Å². The lowest BCUT2D eigenvalue weighted by molar-refractivity contribution is -0.144. The first-order chi connectivity index (χ1) is 40.2. The molecule has 0 bridgehead atoms. The Morgan fingerprint density at radius 3 is 2.07 bits per heavy atom. The molecule has 23 heteroatoms. The van der Waals surface area contributed by atoms with Crippen molar-refractivity contribution in [3.8, 4) is 17.2 Å². The van der Waals surface area contributed by atoms with Gasteiger partial charge in [-0.2, -0.15) is 37.4 Å². The van der Waals surface area contributed by atoms with Crippen molar-refractivity contribution in [2.45, 2.75) is 169 Å². The number of hydrogen-bond acceptors (Lipinski definition) is 12. The maximum absolute atomic E-state index is 13.2. The summed E-state index contributed by atoms with van der Waals surface area (Å²) in [7, 11) is 0. The third kappa shape index (κ3) is 19.2. The summed E-state index contributed by atoms with van der Waals surface area (Å²) < 4.78 is 74.5. The highest BCUT2D eigenvalue weighted by Crippen LogP contribution is 2.39. The van der Waals surface area contributed by atoms with Gasteiger partial charge in [0.15, 0.2) is 28.8 Å².